The molecule has 0 radical (unpaired) electrons. The lowest BCUT2D eigenvalue weighted by Crippen LogP contribution is -2.25. The highest BCUT2D eigenvalue weighted by Crippen LogP contribution is 2.09. The quantitative estimate of drug-likeness (QED) is 0.803. The first kappa shape index (κ1) is 13.1. The maximum absolute atomic E-state index is 13.1. The predicted octanol–water partition coefficient (Wildman–Crippen LogP) is 0.846. The number of carbonyl (C=O) groups is 2. The third-order valence-corrected chi connectivity index (χ3v) is 2.08. The van der Waals surface area contributed by atoms with E-state index in [0.29, 0.717) is 0 Å². The minimum atomic E-state index is -0.596. The van der Waals surface area contributed by atoms with Crippen molar-refractivity contribution in [2.45, 2.75) is 19.4 Å². The van der Waals surface area contributed by atoms with Crippen LogP contribution in [0.5, 0.6) is 0 Å². The number of amides is 2. The van der Waals surface area contributed by atoms with Crippen molar-refractivity contribution in [1.82, 2.24) is 5.32 Å². The van der Waals surface area contributed by atoms with Crippen LogP contribution in [0.3, 0.4) is 0 Å². The van der Waals surface area contributed by atoms with E-state index in [-0.39, 0.29) is 24.9 Å². The maximum atomic E-state index is 13.1. The fourth-order valence-corrected chi connectivity index (χ4v) is 1.20. The van der Waals surface area contributed by atoms with Crippen LogP contribution in [-0.2, 0) is 16.1 Å². The SMILES string of the molecule is NC(=O)CCC(=O)NCc1cc(F)ccc1F. The Bertz CT molecular complexity index is 435. The normalized spacial score (nSPS) is 10.0. The van der Waals surface area contributed by atoms with Crippen molar-refractivity contribution < 1.29 is 18.4 Å². The lowest BCUT2D eigenvalue weighted by Gasteiger charge is -2.05. The summed E-state index contributed by atoms with van der Waals surface area (Å²) in [6, 6.07) is 2.98. The lowest BCUT2D eigenvalue weighted by atomic mass is 10.2. The molecule has 1 aromatic carbocycles. The molecule has 0 saturated carbocycles. The molecule has 0 bridgehead atoms. The van der Waals surface area contributed by atoms with E-state index in [4.69, 9.17) is 5.73 Å². The van der Waals surface area contributed by atoms with Crippen LogP contribution < -0.4 is 11.1 Å². The zero-order chi connectivity index (χ0) is 12.8. The first-order valence-corrected chi connectivity index (χ1v) is 4.98. The zero-order valence-electron chi connectivity index (χ0n) is 9.00. The van der Waals surface area contributed by atoms with Gasteiger partial charge in [-0.15, -0.1) is 0 Å². The van der Waals surface area contributed by atoms with E-state index in [9.17, 15) is 18.4 Å². The summed E-state index contributed by atoms with van der Waals surface area (Å²) in [5, 5.41) is 2.37. The molecular formula is C11H12F2N2O2. The minimum absolute atomic E-state index is 0.0532. The van der Waals surface area contributed by atoms with Crippen molar-refractivity contribution in [3.63, 3.8) is 0 Å². The Labute approximate surface area is 96.8 Å². The summed E-state index contributed by atoms with van der Waals surface area (Å²) in [5.74, 6) is -2.20. The third kappa shape index (κ3) is 4.58. The number of primary amides is 1. The average Bonchev–Trinajstić information content (AvgIpc) is 2.27. The number of rotatable bonds is 5. The Morgan fingerprint density at radius 3 is 2.59 bits per heavy atom. The highest BCUT2D eigenvalue weighted by atomic mass is 19.1. The van der Waals surface area contributed by atoms with E-state index in [1.165, 1.54) is 0 Å². The number of carbonyl (C=O) groups excluding carboxylic acids is 2. The van der Waals surface area contributed by atoms with E-state index >= 15 is 0 Å². The van der Waals surface area contributed by atoms with Gasteiger partial charge in [-0.2, -0.15) is 0 Å². The highest BCUT2D eigenvalue weighted by Gasteiger charge is 2.07. The van der Waals surface area contributed by atoms with Gasteiger partial charge in [0.25, 0.3) is 0 Å². The Balaban J connectivity index is 2.47. The van der Waals surface area contributed by atoms with Crippen molar-refractivity contribution in [2.75, 3.05) is 0 Å². The van der Waals surface area contributed by atoms with Gasteiger partial charge in [0, 0.05) is 24.9 Å². The minimum Gasteiger partial charge on any atom is -0.370 e. The number of hydrogen-bond acceptors (Lipinski definition) is 2. The molecule has 0 aliphatic carbocycles. The molecular weight excluding hydrogens is 230 g/mol. The molecule has 6 heteroatoms. The Kier molecular flexibility index (Phi) is 4.56. The van der Waals surface area contributed by atoms with E-state index in [1.54, 1.807) is 0 Å². The maximum Gasteiger partial charge on any atom is 0.220 e. The van der Waals surface area contributed by atoms with Gasteiger partial charge in [0.1, 0.15) is 11.6 Å². The molecule has 17 heavy (non-hydrogen) atoms. The van der Waals surface area contributed by atoms with Crippen LogP contribution in [0.1, 0.15) is 18.4 Å². The summed E-state index contributed by atoms with van der Waals surface area (Å²) in [6.07, 6.45) is -0.135. The van der Waals surface area contributed by atoms with Crippen molar-refractivity contribution >= 4 is 11.8 Å². The van der Waals surface area contributed by atoms with Gasteiger partial charge in [-0.3, -0.25) is 9.59 Å². The molecule has 0 aliphatic rings. The summed E-state index contributed by atoms with van der Waals surface area (Å²) in [4.78, 5) is 21.6. The Hall–Kier alpha value is -1.98. The van der Waals surface area contributed by atoms with Crippen LogP contribution in [0.15, 0.2) is 18.2 Å². The Morgan fingerprint density at radius 1 is 1.24 bits per heavy atom. The van der Waals surface area contributed by atoms with Gasteiger partial charge < -0.3 is 11.1 Å². The topological polar surface area (TPSA) is 72.2 Å². The van der Waals surface area contributed by atoms with Gasteiger partial charge in [0.05, 0.1) is 0 Å². The molecule has 0 aromatic heterocycles. The van der Waals surface area contributed by atoms with Crippen LogP contribution >= 0.6 is 0 Å². The molecule has 0 saturated heterocycles. The summed E-state index contributed by atoms with van der Waals surface area (Å²) >= 11 is 0. The molecule has 2 amide bonds. The summed E-state index contributed by atoms with van der Waals surface area (Å²) in [7, 11) is 0. The first-order valence-electron chi connectivity index (χ1n) is 4.98. The van der Waals surface area contributed by atoms with Crippen LogP contribution in [0.4, 0.5) is 8.78 Å². The number of nitrogens with two attached hydrogens (primary N) is 1. The Morgan fingerprint density at radius 2 is 1.94 bits per heavy atom. The standard InChI is InChI=1S/C11H12F2N2O2/c12-8-1-2-9(13)7(5-8)6-15-11(17)4-3-10(14)16/h1-2,5H,3-4,6H2,(H2,14,16)(H,15,17). The number of hydrogen-bond donors (Lipinski definition) is 2. The second kappa shape index (κ2) is 5.93. The number of halogens is 2. The van der Waals surface area contributed by atoms with Gasteiger partial charge in [-0.1, -0.05) is 0 Å². The van der Waals surface area contributed by atoms with Gasteiger partial charge in [0.2, 0.25) is 11.8 Å². The molecule has 0 heterocycles. The van der Waals surface area contributed by atoms with Crippen molar-refractivity contribution in [3.8, 4) is 0 Å². The molecule has 0 fully saturated rings. The second-order valence-electron chi connectivity index (χ2n) is 3.48. The molecule has 1 aromatic rings. The largest absolute Gasteiger partial charge is 0.370 e. The number of nitrogens with one attached hydrogen (secondary N) is 1. The monoisotopic (exact) mass is 242 g/mol. The van der Waals surface area contributed by atoms with Gasteiger partial charge in [-0.05, 0) is 18.2 Å². The molecule has 0 aliphatic heterocycles. The molecule has 92 valence electrons. The van der Waals surface area contributed by atoms with E-state index in [2.05, 4.69) is 5.32 Å². The molecule has 1 rings (SSSR count). The third-order valence-electron chi connectivity index (χ3n) is 2.08. The van der Waals surface area contributed by atoms with Crippen molar-refractivity contribution in [1.29, 1.82) is 0 Å². The van der Waals surface area contributed by atoms with Crippen LogP contribution in [0.2, 0.25) is 0 Å². The molecule has 0 spiro atoms. The second-order valence-corrected chi connectivity index (χ2v) is 3.48. The molecule has 0 unspecified atom stereocenters. The van der Waals surface area contributed by atoms with Gasteiger partial charge >= 0.3 is 0 Å². The molecule has 3 N–H and O–H groups in total. The van der Waals surface area contributed by atoms with Crippen molar-refractivity contribution in [3.05, 3.63) is 35.4 Å². The zero-order valence-corrected chi connectivity index (χ0v) is 9.00. The smallest absolute Gasteiger partial charge is 0.220 e. The van der Waals surface area contributed by atoms with Gasteiger partial charge in [-0.25, -0.2) is 8.78 Å². The van der Waals surface area contributed by atoms with E-state index < -0.39 is 23.4 Å². The summed E-state index contributed by atoms with van der Waals surface area (Å²) in [5.41, 5.74) is 4.92. The van der Waals surface area contributed by atoms with E-state index in [1.807, 2.05) is 0 Å². The fraction of sp³-hybridized carbons (Fsp3) is 0.273. The van der Waals surface area contributed by atoms with E-state index in [0.717, 1.165) is 18.2 Å². The average molecular weight is 242 g/mol. The van der Waals surface area contributed by atoms with Crippen LogP contribution in [0, 0.1) is 11.6 Å². The van der Waals surface area contributed by atoms with Crippen LogP contribution in [-0.4, -0.2) is 11.8 Å². The fourth-order valence-electron chi connectivity index (χ4n) is 1.20. The van der Waals surface area contributed by atoms with Gasteiger partial charge in [0.15, 0.2) is 0 Å². The molecule has 0 atom stereocenters. The lowest BCUT2D eigenvalue weighted by molar-refractivity contribution is -0.125. The van der Waals surface area contributed by atoms with Crippen LogP contribution in [0.25, 0.3) is 0 Å². The van der Waals surface area contributed by atoms with Crippen molar-refractivity contribution in [2.24, 2.45) is 5.73 Å². The first-order chi connectivity index (χ1) is 7.99. The summed E-state index contributed by atoms with van der Waals surface area (Å²) in [6.45, 7) is -0.124. The summed E-state index contributed by atoms with van der Waals surface area (Å²) < 4.78 is 25.9. The number of benzene rings is 1. The predicted molar refractivity (Wildman–Crippen MR) is 56.6 cm³/mol. The molecule has 4 nitrogen and oxygen atoms in total. The highest BCUT2D eigenvalue weighted by molar-refractivity contribution is 5.82.